The maximum atomic E-state index is 13.4. The van der Waals surface area contributed by atoms with Gasteiger partial charge in [0.15, 0.2) is 17.5 Å². The number of rotatable bonds is 2. The smallest absolute Gasteiger partial charge is 0.198 e. The zero-order valence-electron chi connectivity index (χ0n) is 12.8. The summed E-state index contributed by atoms with van der Waals surface area (Å²) in [5, 5.41) is 12.5. The van der Waals surface area contributed by atoms with Crippen molar-refractivity contribution >= 4 is 35.6 Å². The molecule has 0 aliphatic carbocycles. The second-order valence-electron chi connectivity index (χ2n) is 5.22. The van der Waals surface area contributed by atoms with Crippen molar-refractivity contribution in [3.8, 4) is 5.75 Å². The molecule has 0 radical (unpaired) electrons. The molecule has 2 aromatic carbocycles. The number of nitrogens with zero attached hydrogens (tertiary/aromatic N) is 2. The van der Waals surface area contributed by atoms with Gasteiger partial charge in [-0.1, -0.05) is 24.3 Å². The summed E-state index contributed by atoms with van der Waals surface area (Å²) in [6, 6.07) is 12.6. The molecule has 3 rings (SSSR count). The first-order valence-corrected chi connectivity index (χ1v) is 7.22. The number of aliphatic imine (C=N–C) groups is 1. The van der Waals surface area contributed by atoms with Gasteiger partial charge in [0.25, 0.3) is 0 Å². The fraction of sp³-hybridized carbons (Fsp3) is 0.235. The Hall–Kier alpha value is -1.83. The van der Waals surface area contributed by atoms with Crippen molar-refractivity contribution in [1.29, 1.82) is 0 Å². The van der Waals surface area contributed by atoms with Crippen LogP contribution in [-0.4, -0.2) is 24.7 Å². The number of anilines is 1. The van der Waals surface area contributed by atoms with Crippen LogP contribution in [0.25, 0.3) is 0 Å². The summed E-state index contributed by atoms with van der Waals surface area (Å²) in [6.07, 6.45) is 0.991. The molecular formula is C17H19FIN3O. The molecular weight excluding hydrogens is 408 g/mol. The molecule has 1 aliphatic heterocycles. The monoisotopic (exact) mass is 427 g/mol. The molecule has 4 nitrogen and oxygen atoms in total. The van der Waals surface area contributed by atoms with Gasteiger partial charge < -0.3 is 15.3 Å². The van der Waals surface area contributed by atoms with Crippen LogP contribution >= 0.6 is 24.0 Å². The van der Waals surface area contributed by atoms with Crippen LogP contribution in [0, 0.1) is 5.82 Å². The Bertz CT molecular complexity index is 721. The molecule has 0 saturated heterocycles. The van der Waals surface area contributed by atoms with Crippen molar-refractivity contribution in [3.63, 3.8) is 0 Å². The summed E-state index contributed by atoms with van der Waals surface area (Å²) in [4.78, 5) is 6.44. The molecule has 2 aromatic rings. The van der Waals surface area contributed by atoms with Gasteiger partial charge in [-0.15, -0.1) is 24.0 Å². The van der Waals surface area contributed by atoms with Crippen molar-refractivity contribution in [3.05, 3.63) is 59.4 Å². The molecule has 6 heteroatoms. The molecule has 0 unspecified atom stereocenters. The van der Waals surface area contributed by atoms with E-state index in [0.29, 0.717) is 6.54 Å². The molecule has 0 saturated carbocycles. The van der Waals surface area contributed by atoms with E-state index < -0.39 is 5.82 Å². The molecule has 23 heavy (non-hydrogen) atoms. The van der Waals surface area contributed by atoms with Gasteiger partial charge >= 0.3 is 0 Å². The van der Waals surface area contributed by atoms with E-state index in [-0.39, 0.29) is 29.7 Å². The van der Waals surface area contributed by atoms with E-state index >= 15 is 0 Å². The second kappa shape index (κ2) is 7.63. The molecule has 0 fully saturated rings. The summed E-state index contributed by atoms with van der Waals surface area (Å²) in [5.41, 5.74) is 3.22. The minimum absolute atomic E-state index is 0. The van der Waals surface area contributed by atoms with Crippen molar-refractivity contribution in [2.24, 2.45) is 4.99 Å². The molecule has 0 atom stereocenters. The molecule has 0 aromatic heterocycles. The van der Waals surface area contributed by atoms with Crippen LogP contribution in [0.3, 0.4) is 0 Å². The molecule has 0 amide bonds. The number of nitrogens with one attached hydrogen (secondary N) is 1. The first-order chi connectivity index (χ1) is 10.7. The van der Waals surface area contributed by atoms with Crippen LogP contribution < -0.4 is 10.2 Å². The molecule has 2 N–H and O–H groups in total. The average Bonchev–Trinajstić information content (AvgIpc) is 2.96. The maximum absolute atomic E-state index is 13.4. The number of phenolic OH excluding ortho intramolecular Hbond substituents is 1. The quantitative estimate of drug-likeness (QED) is 0.440. The number of benzene rings is 2. The third-order valence-corrected chi connectivity index (χ3v) is 3.82. The van der Waals surface area contributed by atoms with Crippen molar-refractivity contribution < 1.29 is 9.50 Å². The molecule has 122 valence electrons. The summed E-state index contributed by atoms with van der Waals surface area (Å²) in [5.74, 6) is -0.180. The van der Waals surface area contributed by atoms with E-state index in [1.807, 2.05) is 12.1 Å². The third-order valence-electron chi connectivity index (χ3n) is 3.82. The highest BCUT2D eigenvalue weighted by molar-refractivity contribution is 14.0. The number of halogens is 2. The lowest BCUT2D eigenvalue weighted by molar-refractivity contribution is 0.431. The number of hydrogen-bond donors (Lipinski definition) is 2. The molecule has 1 aliphatic rings. The Morgan fingerprint density at radius 3 is 2.83 bits per heavy atom. The zero-order valence-corrected chi connectivity index (χ0v) is 15.1. The highest BCUT2D eigenvalue weighted by Gasteiger charge is 2.22. The lowest BCUT2D eigenvalue weighted by Crippen LogP contribution is -2.40. The standard InChI is InChI=1S/C17H18FN3O.HI/c1-19-17(20-11-12-6-7-16(22)14(18)10-12)21-9-8-13-4-2-3-5-15(13)21;/h2-7,10,22H,8-9,11H2,1H3,(H,19,20);1H. The number of hydrogen-bond acceptors (Lipinski definition) is 2. The number of aromatic hydroxyl groups is 1. The molecule has 1 heterocycles. The van der Waals surface area contributed by atoms with E-state index in [1.165, 1.54) is 17.7 Å². The maximum Gasteiger partial charge on any atom is 0.198 e. The van der Waals surface area contributed by atoms with Gasteiger partial charge in [-0.2, -0.15) is 0 Å². The Kier molecular flexibility index (Phi) is 5.81. The van der Waals surface area contributed by atoms with Crippen LogP contribution in [0.5, 0.6) is 5.75 Å². The normalized spacial score (nSPS) is 13.5. The van der Waals surface area contributed by atoms with Crippen LogP contribution in [0.1, 0.15) is 11.1 Å². The summed E-state index contributed by atoms with van der Waals surface area (Å²) < 4.78 is 13.4. The minimum Gasteiger partial charge on any atom is -0.505 e. The Labute approximate surface area is 152 Å². The predicted octanol–water partition coefficient (Wildman–Crippen LogP) is 3.29. The SMILES string of the molecule is CN=C(NCc1ccc(O)c(F)c1)N1CCc2ccccc21.I. The number of fused-ring (bicyclic) bond motifs is 1. The summed E-state index contributed by atoms with van der Waals surface area (Å²) >= 11 is 0. The third kappa shape index (κ3) is 3.74. The fourth-order valence-corrected chi connectivity index (χ4v) is 2.69. The minimum atomic E-state index is -0.610. The van der Waals surface area contributed by atoms with E-state index in [0.717, 1.165) is 30.2 Å². The van der Waals surface area contributed by atoms with Crippen molar-refractivity contribution in [2.75, 3.05) is 18.5 Å². The van der Waals surface area contributed by atoms with Gasteiger partial charge in [0.2, 0.25) is 0 Å². The first-order valence-electron chi connectivity index (χ1n) is 7.22. The second-order valence-corrected chi connectivity index (χ2v) is 5.22. The van der Waals surface area contributed by atoms with Gasteiger partial charge in [0.1, 0.15) is 0 Å². The lowest BCUT2D eigenvalue weighted by atomic mass is 10.2. The van der Waals surface area contributed by atoms with E-state index in [4.69, 9.17) is 0 Å². The van der Waals surface area contributed by atoms with Gasteiger partial charge in [-0.05, 0) is 35.7 Å². The number of phenols is 1. The van der Waals surface area contributed by atoms with Crippen LogP contribution in [0.4, 0.5) is 10.1 Å². The van der Waals surface area contributed by atoms with Crippen LogP contribution in [0.15, 0.2) is 47.5 Å². The Morgan fingerprint density at radius 1 is 1.30 bits per heavy atom. The van der Waals surface area contributed by atoms with E-state index in [2.05, 4.69) is 27.3 Å². The van der Waals surface area contributed by atoms with Gasteiger partial charge in [-0.3, -0.25) is 4.99 Å². The topological polar surface area (TPSA) is 47.9 Å². The highest BCUT2D eigenvalue weighted by Crippen LogP contribution is 2.27. The predicted molar refractivity (Wildman–Crippen MR) is 101 cm³/mol. The Morgan fingerprint density at radius 2 is 2.09 bits per heavy atom. The zero-order chi connectivity index (χ0) is 15.5. The average molecular weight is 427 g/mol. The summed E-state index contributed by atoms with van der Waals surface area (Å²) in [6.45, 7) is 1.32. The Balaban J connectivity index is 0.00000192. The molecule has 0 spiro atoms. The van der Waals surface area contributed by atoms with E-state index in [1.54, 1.807) is 13.1 Å². The van der Waals surface area contributed by atoms with Gasteiger partial charge in [0, 0.05) is 25.8 Å². The highest BCUT2D eigenvalue weighted by atomic mass is 127. The molecule has 0 bridgehead atoms. The van der Waals surface area contributed by atoms with E-state index in [9.17, 15) is 9.50 Å². The lowest BCUT2D eigenvalue weighted by Gasteiger charge is -2.22. The van der Waals surface area contributed by atoms with Gasteiger partial charge in [-0.25, -0.2) is 4.39 Å². The van der Waals surface area contributed by atoms with Crippen molar-refractivity contribution in [1.82, 2.24) is 5.32 Å². The van der Waals surface area contributed by atoms with Gasteiger partial charge in [0.05, 0.1) is 0 Å². The fourth-order valence-electron chi connectivity index (χ4n) is 2.69. The van der Waals surface area contributed by atoms with Crippen LogP contribution in [0.2, 0.25) is 0 Å². The first kappa shape index (κ1) is 17.5. The van der Waals surface area contributed by atoms with Crippen LogP contribution in [-0.2, 0) is 13.0 Å². The van der Waals surface area contributed by atoms with Crippen molar-refractivity contribution in [2.45, 2.75) is 13.0 Å². The largest absolute Gasteiger partial charge is 0.505 e. The number of guanidine groups is 1. The summed E-state index contributed by atoms with van der Waals surface area (Å²) in [7, 11) is 1.74. The number of para-hydroxylation sites is 1.